The molecular formula is C23H28ClN3O2. The molecule has 3 rings (SSSR count). The van der Waals surface area contributed by atoms with Gasteiger partial charge in [0.2, 0.25) is 11.8 Å². The molecule has 0 aromatic heterocycles. The highest BCUT2D eigenvalue weighted by molar-refractivity contribution is 6.31. The molecule has 0 radical (unpaired) electrons. The lowest BCUT2D eigenvalue weighted by molar-refractivity contribution is -0.121. The van der Waals surface area contributed by atoms with E-state index in [0.717, 1.165) is 48.4 Å². The monoisotopic (exact) mass is 413 g/mol. The Morgan fingerprint density at radius 1 is 1.00 bits per heavy atom. The molecule has 2 N–H and O–H groups in total. The third-order valence-electron chi connectivity index (χ3n) is 5.42. The smallest absolute Gasteiger partial charge is 0.238 e. The minimum Gasteiger partial charge on any atom is -0.326 e. The third-order valence-corrected chi connectivity index (χ3v) is 5.83. The van der Waals surface area contributed by atoms with Crippen molar-refractivity contribution in [2.24, 2.45) is 5.92 Å². The van der Waals surface area contributed by atoms with E-state index in [1.165, 1.54) is 5.56 Å². The summed E-state index contributed by atoms with van der Waals surface area (Å²) in [6, 6.07) is 11.5. The number of amides is 2. The summed E-state index contributed by atoms with van der Waals surface area (Å²) in [6.07, 6.45) is 1.48. The number of nitrogens with zero attached hydrogens (tertiary/aromatic N) is 1. The van der Waals surface area contributed by atoms with E-state index < -0.39 is 0 Å². The van der Waals surface area contributed by atoms with Gasteiger partial charge < -0.3 is 10.6 Å². The van der Waals surface area contributed by atoms with Crippen LogP contribution in [0.1, 0.15) is 29.5 Å². The molecule has 0 atom stereocenters. The molecule has 1 saturated heterocycles. The second-order valence-electron chi connectivity index (χ2n) is 7.87. The number of benzene rings is 2. The van der Waals surface area contributed by atoms with Crippen LogP contribution in [0.5, 0.6) is 0 Å². The molecule has 0 unspecified atom stereocenters. The highest BCUT2D eigenvalue weighted by atomic mass is 35.5. The van der Waals surface area contributed by atoms with Gasteiger partial charge in [-0.25, -0.2) is 0 Å². The minimum absolute atomic E-state index is 0.0179. The van der Waals surface area contributed by atoms with Crippen molar-refractivity contribution in [1.82, 2.24) is 4.90 Å². The summed E-state index contributed by atoms with van der Waals surface area (Å²) in [7, 11) is 0. The fourth-order valence-electron chi connectivity index (χ4n) is 3.61. The number of halogens is 1. The lowest BCUT2D eigenvalue weighted by Crippen LogP contribution is -2.41. The summed E-state index contributed by atoms with van der Waals surface area (Å²) in [5, 5.41) is 6.59. The van der Waals surface area contributed by atoms with E-state index in [1.807, 2.05) is 45.0 Å². The van der Waals surface area contributed by atoms with Crippen LogP contribution in [0.15, 0.2) is 36.4 Å². The predicted octanol–water partition coefficient (Wildman–Crippen LogP) is 4.55. The molecule has 5 nitrogen and oxygen atoms in total. The average molecular weight is 414 g/mol. The average Bonchev–Trinajstić information content (AvgIpc) is 2.67. The fourth-order valence-corrected chi connectivity index (χ4v) is 3.80. The van der Waals surface area contributed by atoms with E-state index in [4.69, 9.17) is 11.6 Å². The number of piperidine rings is 1. The Morgan fingerprint density at radius 3 is 2.38 bits per heavy atom. The maximum absolute atomic E-state index is 12.5. The molecule has 1 fully saturated rings. The maximum atomic E-state index is 12.5. The van der Waals surface area contributed by atoms with Crippen LogP contribution < -0.4 is 10.6 Å². The van der Waals surface area contributed by atoms with Gasteiger partial charge >= 0.3 is 0 Å². The van der Waals surface area contributed by atoms with Crippen molar-refractivity contribution in [2.45, 2.75) is 33.6 Å². The molecule has 2 aromatic rings. The SMILES string of the molecule is Cc1ccc(NC(=O)CN2CCC(C(=O)Nc3ccc(C)c(Cl)c3)CC2)c(C)c1. The number of hydrogen-bond donors (Lipinski definition) is 2. The van der Waals surface area contributed by atoms with Gasteiger partial charge in [-0.2, -0.15) is 0 Å². The van der Waals surface area contributed by atoms with Crippen LogP contribution in [0, 0.1) is 26.7 Å². The standard InChI is InChI=1S/C23H28ClN3O2/c1-15-4-7-21(17(3)12-15)26-22(28)14-27-10-8-18(9-11-27)23(29)25-19-6-5-16(2)20(24)13-19/h4-7,12-13,18H,8-11,14H2,1-3H3,(H,25,29)(H,26,28). The first-order chi connectivity index (χ1) is 13.8. The molecule has 2 amide bonds. The van der Waals surface area contributed by atoms with Crippen molar-refractivity contribution >= 4 is 34.8 Å². The first-order valence-electron chi connectivity index (χ1n) is 9.98. The number of carbonyl (C=O) groups excluding carboxylic acids is 2. The van der Waals surface area contributed by atoms with Crippen LogP contribution in [0.2, 0.25) is 5.02 Å². The van der Waals surface area contributed by atoms with Crippen LogP contribution in [-0.4, -0.2) is 36.3 Å². The molecule has 154 valence electrons. The summed E-state index contributed by atoms with van der Waals surface area (Å²) in [5.41, 5.74) is 4.79. The molecule has 0 aliphatic carbocycles. The van der Waals surface area contributed by atoms with Gasteiger partial charge in [-0.05, 0) is 76.0 Å². The third kappa shape index (κ3) is 5.81. The molecule has 0 saturated carbocycles. The number of aryl methyl sites for hydroxylation is 3. The van der Waals surface area contributed by atoms with E-state index in [1.54, 1.807) is 6.07 Å². The van der Waals surface area contributed by atoms with Gasteiger partial charge in [-0.1, -0.05) is 35.4 Å². The second kappa shape index (κ2) is 9.42. The second-order valence-corrected chi connectivity index (χ2v) is 8.28. The Balaban J connectivity index is 1.46. The number of nitrogens with one attached hydrogen (secondary N) is 2. The summed E-state index contributed by atoms with van der Waals surface area (Å²) in [6.45, 7) is 7.76. The van der Waals surface area contributed by atoms with Gasteiger partial charge in [0.1, 0.15) is 0 Å². The summed E-state index contributed by atoms with van der Waals surface area (Å²) < 4.78 is 0. The molecule has 1 aliphatic heterocycles. The molecule has 6 heteroatoms. The summed E-state index contributed by atoms with van der Waals surface area (Å²) >= 11 is 6.13. The van der Waals surface area contributed by atoms with Gasteiger partial charge in [0.05, 0.1) is 6.54 Å². The Hall–Kier alpha value is -2.37. The molecular weight excluding hydrogens is 386 g/mol. The zero-order chi connectivity index (χ0) is 21.0. The van der Waals surface area contributed by atoms with Crippen LogP contribution in [0.3, 0.4) is 0 Å². The zero-order valence-electron chi connectivity index (χ0n) is 17.2. The number of carbonyl (C=O) groups is 2. The van der Waals surface area contributed by atoms with Crippen LogP contribution in [-0.2, 0) is 9.59 Å². The Morgan fingerprint density at radius 2 is 1.72 bits per heavy atom. The van der Waals surface area contributed by atoms with Gasteiger partial charge in [-0.15, -0.1) is 0 Å². The largest absolute Gasteiger partial charge is 0.326 e. The first-order valence-corrected chi connectivity index (χ1v) is 10.4. The van der Waals surface area contributed by atoms with Crippen LogP contribution in [0.25, 0.3) is 0 Å². The van der Waals surface area contributed by atoms with Crippen molar-refractivity contribution in [1.29, 1.82) is 0 Å². The summed E-state index contributed by atoms with van der Waals surface area (Å²) in [4.78, 5) is 27.0. The molecule has 2 aromatic carbocycles. The molecule has 0 bridgehead atoms. The molecule has 1 heterocycles. The highest BCUT2D eigenvalue weighted by Crippen LogP contribution is 2.23. The van der Waals surface area contributed by atoms with E-state index in [0.29, 0.717) is 11.6 Å². The lowest BCUT2D eigenvalue weighted by atomic mass is 9.95. The lowest BCUT2D eigenvalue weighted by Gasteiger charge is -2.30. The van der Waals surface area contributed by atoms with Gasteiger partial charge in [-0.3, -0.25) is 14.5 Å². The Kier molecular flexibility index (Phi) is 6.93. The zero-order valence-corrected chi connectivity index (χ0v) is 18.0. The van der Waals surface area contributed by atoms with Gasteiger partial charge in [0.15, 0.2) is 0 Å². The van der Waals surface area contributed by atoms with Crippen molar-refractivity contribution in [2.75, 3.05) is 30.3 Å². The van der Waals surface area contributed by atoms with E-state index >= 15 is 0 Å². The maximum Gasteiger partial charge on any atom is 0.238 e. The van der Waals surface area contributed by atoms with Crippen molar-refractivity contribution in [3.63, 3.8) is 0 Å². The fraction of sp³-hybridized carbons (Fsp3) is 0.391. The number of hydrogen-bond acceptors (Lipinski definition) is 3. The minimum atomic E-state index is -0.0475. The van der Waals surface area contributed by atoms with Crippen LogP contribution >= 0.6 is 11.6 Å². The van der Waals surface area contributed by atoms with Crippen molar-refractivity contribution in [3.05, 3.63) is 58.1 Å². The van der Waals surface area contributed by atoms with Gasteiger partial charge in [0, 0.05) is 22.3 Å². The molecule has 1 aliphatic rings. The number of rotatable bonds is 5. The number of likely N-dealkylation sites (tertiary alicyclic amines) is 1. The van der Waals surface area contributed by atoms with Crippen molar-refractivity contribution in [3.8, 4) is 0 Å². The number of anilines is 2. The highest BCUT2D eigenvalue weighted by Gasteiger charge is 2.26. The Labute approximate surface area is 177 Å². The Bertz CT molecular complexity index is 905. The van der Waals surface area contributed by atoms with E-state index in [2.05, 4.69) is 21.6 Å². The normalized spacial score (nSPS) is 15.2. The van der Waals surface area contributed by atoms with E-state index in [9.17, 15) is 9.59 Å². The quantitative estimate of drug-likeness (QED) is 0.755. The van der Waals surface area contributed by atoms with Crippen LogP contribution in [0.4, 0.5) is 11.4 Å². The first kappa shape index (κ1) is 21.3. The topological polar surface area (TPSA) is 61.4 Å². The molecule has 29 heavy (non-hydrogen) atoms. The molecule has 0 spiro atoms. The van der Waals surface area contributed by atoms with Crippen molar-refractivity contribution < 1.29 is 9.59 Å². The summed E-state index contributed by atoms with van der Waals surface area (Å²) in [5.74, 6) is -0.0489. The van der Waals surface area contributed by atoms with Gasteiger partial charge in [0.25, 0.3) is 0 Å². The predicted molar refractivity (Wildman–Crippen MR) is 119 cm³/mol. The van der Waals surface area contributed by atoms with E-state index in [-0.39, 0.29) is 17.7 Å².